The Balaban J connectivity index is 0.000000265. The number of halogens is 5. The number of aromatic nitrogens is 8. The molecule has 0 bridgehead atoms. The third-order valence-corrected chi connectivity index (χ3v) is 11.7. The minimum Gasteiger partial charge on any atom is -0.428 e. The van der Waals surface area contributed by atoms with Crippen LogP contribution in [0.15, 0.2) is 113 Å². The zero-order valence-corrected chi connectivity index (χ0v) is 49.3. The molecule has 394 valence electrons. The number of carbonyl (C=O) groups is 4. The number of imidazole rings is 2. The molecule has 0 aliphatic carbocycles. The summed E-state index contributed by atoms with van der Waals surface area (Å²) in [5, 5.41) is 26.3. The molecule has 24 heteroatoms. The van der Waals surface area contributed by atoms with E-state index in [0.29, 0.717) is 49.9 Å². The number of hydrogen-bond donors (Lipinski definition) is 1. The Morgan fingerprint density at radius 2 is 1.07 bits per heavy atom. The highest BCUT2D eigenvalue weighted by Gasteiger charge is 2.26. The lowest BCUT2D eigenvalue weighted by Crippen LogP contribution is -2.17. The van der Waals surface area contributed by atoms with Crippen molar-refractivity contribution in [3.8, 4) is 33.6 Å². The van der Waals surface area contributed by atoms with Gasteiger partial charge in [0, 0.05) is 88.1 Å². The van der Waals surface area contributed by atoms with Gasteiger partial charge >= 0.3 is 23.9 Å². The van der Waals surface area contributed by atoms with Gasteiger partial charge in [-0.15, -0.1) is 39.3 Å². The number of nitrogens with one attached hydrogen (secondary N) is 1. The van der Waals surface area contributed by atoms with Crippen molar-refractivity contribution in [2.75, 3.05) is 20.1 Å². The van der Waals surface area contributed by atoms with Crippen molar-refractivity contribution in [3.63, 3.8) is 0 Å². The summed E-state index contributed by atoms with van der Waals surface area (Å²) in [4.78, 5) is 56.4. The lowest BCUT2D eigenvalue weighted by Gasteiger charge is -2.13. The SMILES string of the molecule is CCCCc1nc(Cl)c(C(=O)OCOC(C)=O)n1Cc1ccc(-c2ccccc2-c2nn[nH]n2)cc1.CCCCc1nc(Cl)c(C(=O)OCOC(C)=O)n1Cc1ccc(-c2ccccc2C2=NN=NC2)cc1.I.II. The monoisotopic (exact) mass is 1400 g/mol. The molecule has 0 fully saturated rings. The summed E-state index contributed by atoms with van der Waals surface area (Å²) < 4.78 is 23.2. The van der Waals surface area contributed by atoms with E-state index < -0.39 is 37.5 Å². The number of hydrogen-bond acceptors (Lipinski definition) is 16. The van der Waals surface area contributed by atoms with Crippen molar-refractivity contribution in [3.05, 3.63) is 147 Å². The van der Waals surface area contributed by atoms with E-state index in [4.69, 9.17) is 42.1 Å². The largest absolute Gasteiger partial charge is 0.428 e. The summed E-state index contributed by atoms with van der Waals surface area (Å²) in [6, 6.07) is 31.8. The van der Waals surface area contributed by atoms with Crippen molar-refractivity contribution in [1.29, 1.82) is 0 Å². The average molecular weight is 1400 g/mol. The fraction of sp³-hybridized carbons (Fsp3) is 0.294. The number of esters is 4. The van der Waals surface area contributed by atoms with Crippen LogP contribution in [0.2, 0.25) is 10.3 Å². The highest BCUT2D eigenvalue weighted by molar-refractivity contribution is 15.0. The first kappa shape index (κ1) is 60.2. The van der Waals surface area contributed by atoms with E-state index in [0.717, 1.165) is 75.9 Å². The first-order chi connectivity index (χ1) is 35.9. The zero-order chi connectivity index (χ0) is 53.0. The number of aryl methyl sites for hydroxylation is 2. The molecule has 0 unspecified atom stereocenters. The number of tetrazole rings is 1. The molecule has 1 N–H and O–H groups in total. The van der Waals surface area contributed by atoms with Gasteiger partial charge in [0.15, 0.2) is 21.7 Å². The van der Waals surface area contributed by atoms with Crippen LogP contribution in [0.1, 0.15) is 103 Å². The molecule has 75 heavy (non-hydrogen) atoms. The molecule has 19 nitrogen and oxygen atoms in total. The molecule has 7 aromatic rings. The number of aromatic amines is 1. The van der Waals surface area contributed by atoms with Crippen LogP contribution in [0, 0.1) is 0 Å². The molecule has 0 radical (unpaired) electrons. The standard InChI is InChI=1S/C26H26ClN5O4.C25H25ClN6O4.I2.HI/c1-3-4-9-23-29-25(27)24(26(34)36-16-35-17(2)33)32(23)15-18-10-12-19(13-11-18)20-7-5-6-8-21(20)22-14-28-31-30-22;1-3-4-9-21-27-23(26)22(25(34)36-15-35-16(2)33)32(21)14-17-10-12-18(13-11-17)19-7-5-6-8-20(19)24-28-30-31-29-24;1-2;/h5-8,10-13H,3-4,9,14-16H2,1-2H3;5-8,10-13H,3-4,9,14-15H2,1-2H3,(H,28,29,30,31);;1H. The van der Waals surface area contributed by atoms with E-state index >= 15 is 0 Å². The predicted molar refractivity (Wildman–Crippen MR) is 311 cm³/mol. The predicted octanol–water partition coefficient (Wildman–Crippen LogP) is 12.3. The van der Waals surface area contributed by atoms with Gasteiger partial charge in [0.1, 0.15) is 18.2 Å². The van der Waals surface area contributed by atoms with E-state index in [-0.39, 0.29) is 45.7 Å². The van der Waals surface area contributed by atoms with Crippen LogP contribution in [0.3, 0.4) is 0 Å². The van der Waals surface area contributed by atoms with Gasteiger partial charge in [0.25, 0.3) is 0 Å². The summed E-state index contributed by atoms with van der Waals surface area (Å²) in [7, 11) is 0. The van der Waals surface area contributed by atoms with Gasteiger partial charge in [-0.2, -0.15) is 10.3 Å². The molecule has 4 aromatic carbocycles. The van der Waals surface area contributed by atoms with Gasteiger partial charge in [0.2, 0.25) is 19.4 Å². The van der Waals surface area contributed by atoms with Gasteiger partial charge in [-0.25, -0.2) is 19.6 Å². The summed E-state index contributed by atoms with van der Waals surface area (Å²) in [5.74, 6) is -0.601. The molecule has 0 saturated heterocycles. The summed E-state index contributed by atoms with van der Waals surface area (Å²) in [6.07, 6.45) is 5.04. The topological polar surface area (TPSA) is 232 Å². The summed E-state index contributed by atoms with van der Waals surface area (Å²) in [5.41, 5.74) is 8.87. The van der Waals surface area contributed by atoms with Crippen molar-refractivity contribution in [1.82, 2.24) is 39.7 Å². The van der Waals surface area contributed by atoms with Gasteiger partial charge in [-0.1, -0.05) is 147 Å². The first-order valence-corrected chi connectivity index (χ1v) is 30.3. The number of H-pyrrole nitrogens is 1. The molecule has 0 amide bonds. The molecular weight excluding hydrogens is 1350 g/mol. The van der Waals surface area contributed by atoms with Gasteiger partial charge in [-0.05, 0) is 56.7 Å². The average Bonchev–Trinajstić information content (AvgIpc) is 4.25. The Morgan fingerprint density at radius 3 is 1.47 bits per heavy atom. The highest BCUT2D eigenvalue weighted by atomic mass is 128. The summed E-state index contributed by atoms with van der Waals surface area (Å²) >= 11 is 16.9. The van der Waals surface area contributed by atoms with E-state index in [1.165, 1.54) is 13.8 Å². The molecule has 1 aliphatic rings. The molecule has 0 spiro atoms. The maximum Gasteiger partial charge on any atom is 0.361 e. The third kappa shape index (κ3) is 16.6. The number of ether oxygens (including phenoxy) is 4. The minimum atomic E-state index is -0.706. The van der Waals surface area contributed by atoms with Crippen LogP contribution in [-0.4, -0.2) is 89.4 Å². The maximum atomic E-state index is 12.8. The minimum absolute atomic E-state index is 0. The molecule has 4 heterocycles. The van der Waals surface area contributed by atoms with Gasteiger partial charge in [0.05, 0.1) is 5.71 Å². The van der Waals surface area contributed by atoms with Crippen molar-refractivity contribution < 1.29 is 38.1 Å². The van der Waals surface area contributed by atoms with Crippen molar-refractivity contribution >= 4 is 114 Å². The van der Waals surface area contributed by atoms with Crippen LogP contribution in [0.25, 0.3) is 33.6 Å². The number of carbonyl (C=O) groups excluding carboxylic acids is 4. The molecule has 0 atom stereocenters. The molecular formula is C51H52Cl2I3N11O8. The van der Waals surface area contributed by atoms with Crippen LogP contribution in [-0.2, 0) is 54.5 Å². The van der Waals surface area contributed by atoms with Crippen LogP contribution in [0.5, 0.6) is 0 Å². The Labute approximate surface area is 483 Å². The fourth-order valence-electron chi connectivity index (χ4n) is 7.68. The van der Waals surface area contributed by atoms with Crippen LogP contribution in [0.4, 0.5) is 0 Å². The maximum absolute atomic E-state index is 12.8. The molecule has 0 saturated carbocycles. The van der Waals surface area contributed by atoms with E-state index in [2.05, 4.69) is 97.1 Å². The molecule has 1 aliphatic heterocycles. The lowest BCUT2D eigenvalue weighted by atomic mass is 9.96. The van der Waals surface area contributed by atoms with Crippen LogP contribution < -0.4 is 0 Å². The fourth-order valence-corrected chi connectivity index (χ4v) is 8.23. The second-order valence-corrected chi connectivity index (χ2v) is 17.0. The number of rotatable bonds is 20. The molecule has 3 aromatic heterocycles. The smallest absolute Gasteiger partial charge is 0.361 e. The van der Waals surface area contributed by atoms with Crippen molar-refractivity contribution in [2.24, 2.45) is 15.4 Å². The Kier molecular flexibility index (Phi) is 24.7. The van der Waals surface area contributed by atoms with E-state index in [1.807, 2.05) is 97.1 Å². The Hall–Kier alpha value is -5.71. The Bertz CT molecular complexity index is 3080. The van der Waals surface area contributed by atoms with Gasteiger partial charge < -0.3 is 28.1 Å². The van der Waals surface area contributed by atoms with E-state index in [9.17, 15) is 19.2 Å². The van der Waals surface area contributed by atoms with Gasteiger partial charge in [-0.3, -0.25) is 9.59 Å². The second kappa shape index (κ2) is 30.7. The van der Waals surface area contributed by atoms with Crippen molar-refractivity contribution in [2.45, 2.75) is 79.3 Å². The highest BCUT2D eigenvalue weighted by Crippen LogP contribution is 2.31. The summed E-state index contributed by atoms with van der Waals surface area (Å²) in [6.45, 7) is 6.86. The first-order valence-electron chi connectivity index (χ1n) is 23.2. The number of unbranched alkanes of at least 4 members (excludes halogenated alkanes) is 2. The second-order valence-electron chi connectivity index (χ2n) is 16.2. The third-order valence-electron chi connectivity index (χ3n) is 11.2. The quantitative estimate of drug-likeness (QED) is 0.0425. The zero-order valence-electron chi connectivity index (χ0n) is 41.2. The Morgan fingerprint density at radius 1 is 0.627 bits per heavy atom. The van der Waals surface area contributed by atoms with E-state index in [1.54, 1.807) is 9.13 Å². The number of benzene rings is 4. The number of nitrogens with zero attached hydrogens (tertiary/aromatic N) is 10. The normalized spacial score (nSPS) is 11.3. The van der Waals surface area contributed by atoms with Crippen LogP contribution >= 0.6 is 84.4 Å². The lowest BCUT2D eigenvalue weighted by molar-refractivity contribution is -0.150. The molecule has 8 rings (SSSR count).